The monoisotopic (exact) mass is 225 g/mol. The molecule has 0 bridgehead atoms. The summed E-state index contributed by atoms with van der Waals surface area (Å²) in [5.41, 5.74) is 4.60. The summed E-state index contributed by atoms with van der Waals surface area (Å²) in [6.07, 6.45) is 0. The van der Waals surface area contributed by atoms with Gasteiger partial charge < -0.3 is 10.5 Å². The second kappa shape index (κ2) is 5.12. The lowest BCUT2D eigenvalue weighted by Crippen LogP contribution is -2.00. The quantitative estimate of drug-likeness (QED) is 0.447. The summed E-state index contributed by atoms with van der Waals surface area (Å²) in [4.78, 5) is 10.8. The molecular formula is C11H9F2NO2. The largest absolute Gasteiger partial charge is 0.456 e. The summed E-state index contributed by atoms with van der Waals surface area (Å²) < 4.78 is 30.6. The second-order valence-corrected chi connectivity index (χ2v) is 2.82. The Kier molecular flexibility index (Phi) is 3.84. The Hall–Kier alpha value is -2.09. The molecule has 0 aliphatic heterocycles. The molecule has 0 radical (unpaired) electrons. The van der Waals surface area contributed by atoms with Crippen molar-refractivity contribution in [2.75, 3.05) is 12.3 Å². The van der Waals surface area contributed by atoms with Crippen molar-refractivity contribution in [3.05, 3.63) is 29.3 Å². The third-order valence-electron chi connectivity index (χ3n) is 1.66. The van der Waals surface area contributed by atoms with E-state index in [2.05, 4.69) is 10.7 Å². The Morgan fingerprint density at radius 2 is 2.12 bits per heavy atom. The Balaban J connectivity index is 2.97. The van der Waals surface area contributed by atoms with Crippen LogP contribution in [0.15, 0.2) is 12.1 Å². The van der Waals surface area contributed by atoms with Crippen molar-refractivity contribution in [2.24, 2.45) is 0 Å². The van der Waals surface area contributed by atoms with E-state index in [9.17, 15) is 13.6 Å². The summed E-state index contributed by atoms with van der Waals surface area (Å²) in [7, 11) is 0. The molecule has 0 aromatic heterocycles. The molecule has 0 aliphatic rings. The van der Waals surface area contributed by atoms with E-state index in [1.165, 1.54) is 0 Å². The van der Waals surface area contributed by atoms with Crippen molar-refractivity contribution >= 4 is 11.7 Å². The van der Waals surface area contributed by atoms with E-state index in [4.69, 9.17) is 5.73 Å². The van der Waals surface area contributed by atoms with Crippen LogP contribution in [0.4, 0.5) is 14.5 Å². The van der Waals surface area contributed by atoms with Crippen LogP contribution in [0.5, 0.6) is 0 Å². The van der Waals surface area contributed by atoms with E-state index in [-0.39, 0.29) is 17.9 Å². The zero-order valence-corrected chi connectivity index (χ0v) is 8.51. The molecule has 0 heterocycles. The number of rotatable bonds is 1. The first-order valence-corrected chi connectivity index (χ1v) is 4.48. The molecule has 1 rings (SSSR count). The lowest BCUT2D eigenvalue weighted by molar-refractivity contribution is -0.136. The van der Waals surface area contributed by atoms with Crippen LogP contribution < -0.4 is 5.73 Å². The van der Waals surface area contributed by atoms with Crippen LogP contribution in [0, 0.1) is 23.5 Å². The summed E-state index contributed by atoms with van der Waals surface area (Å²) in [6.45, 7) is 1.79. The van der Waals surface area contributed by atoms with Gasteiger partial charge in [0.25, 0.3) is 0 Å². The molecule has 0 unspecified atom stereocenters. The number of hydrogen-bond donors (Lipinski definition) is 1. The van der Waals surface area contributed by atoms with Crippen molar-refractivity contribution in [2.45, 2.75) is 6.92 Å². The van der Waals surface area contributed by atoms with Crippen molar-refractivity contribution < 1.29 is 18.3 Å². The Morgan fingerprint density at radius 3 is 2.75 bits per heavy atom. The molecule has 0 atom stereocenters. The van der Waals surface area contributed by atoms with Crippen LogP contribution in [0.2, 0.25) is 0 Å². The summed E-state index contributed by atoms with van der Waals surface area (Å²) in [5, 5.41) is 0. The first-order chi connectivity index (χ1) is 7.54. The smallest absolute Gasteiger partial charge is 0.384 e. The van der Waals surface area contributed by atoms with Gasteiger partial charge in [0, 0.05) is 12.0 Å². The molecule has 16 heavy (non-hydrogen) atoms. The first kappa shape index (κ1) is 12.0. The molecule has 0 aliphatic carbocycles. The van der Waals surface area contributed by atoms with Gasteiger partial charge in [-0.2, -0.15) is 0 Å². The van der Waals surface area contributed by atoms with Crippen molar-refractivity contribution in [3.8, 4) is 11.8 Å². The van der Waals surface area contributed by atoms with Gasteiger partial charge in [-0.3, -0.25) is 0 Å². The van der Waals surface area contributed by atoms with Gasteiger partial charge in [-0.15, -0.1) is 0 Å². The maximum Gasteiger partial charge on any atom is 0.384 e. The van der Waals surface area contributed by atoms with E-state index in [0.29, 0.717) is 0 Å². The van der Waals surface area contributed by atoms with Gasteiger partial charge in [0.2, 0.25) is 0 Å². The Bertz CT molecular complexity index is 475. The number of anilines is 1. The fraction of sp³-hybridized carbons (Fsp3) is 0.182. The standard InChI is InChI=1S/C11H9F2NO2/c1-2-16-11(15)4-3-7-5-9(13)10(14)6-8(7)12/h5-6H,2,14H2,1H3. The predicted octanol–water partition coefficient (Wildman–Crippen LogP) is 1.46. The molecule has 0 saturated carbocycles. The highest BCUT2D eigenvalue weighted by atomic mass is 19.1. The highest BCUT2D eigenvalue weighted by Gasteiger charge is 2.05. The molecule has 5 heteroatoms. The van der Waals surface area contributed by atoms with Gasteiger partial charge in [0.15, 0.2) is 0 Å². The lowest BCUT2D eigenvalue weighted by Gasteiger charge is -1.98. The average Bonchev–Trinajstić information content (AvgIpc) is 2.22. The van der Waals surface area contributed by atoms with E-state index in [0.717, 1.165) is 12.1 Å². The number of carbonyl (C=O) groups is 1. The minimum atomic E-state index is -0.792. The van der Waals surface area contributed by atoms with Gasteiger partial charge in [-0.05, 0) is 13.0 Å². The van der Waals surface area contributed by atoms with Gasteiger partial charge in [-0.1, -0.05) is 5.92 Å². The number of nitrogen functional groups attached to an aromatic ring is 1. The highest BCUT2D eigenvalue weighted by Crippen LogP contribution is 2.15. The number of benzene rings is 1. The zero-order valence-electron chi connectivity index (χ0n) is 8.51. The van der Waals surface area contributed by atoms with Crippen molar-refractivity contribution in [1.29, 1.82) is 0 Å². The number of esters is 1. The minimum Gasteiger partial charge on any atom is -0.456 e. The van der Waals surface area contributed by atoms with Crippen LogP contribution in [0.1, 0.15) is 12.5 Å². The molecule has 0 fully saturated rings. The summed E-state index contributed by atoms with van der Waals surface area (Å²) in [6, 6.07) is 1.64. The van der Waals surface area contributed by atoms with Crippen LogP contribution in [-0.2, 0) is 9.53 Å². The molecule has 1 aromatic carbocycles. The minimum absolute atomic E-state index is 0.173. The molecule has 0 saturated heterocycles. The topological polar surface area (TPSA) is 52.3 Å². The number of hydrogen-bond acceptors (Lipinski definition) is 3. The molecule has 2 N–H and O–H groups in total. The van der Waals surface area contributed by atoms with Crippen LogP contribution in [0.25, 0.3) is 0 Å². The predicted molar refractivity (Wildman–Crippen MR) is 54.3 cm³/mol. The van der Waals surface area contributed by atoms with Crippen molar-refractivity contribution in [3.63, 3.8) is 0 Å². The van der Waals surface area contributed by atoms with Gasteiger partial charge >= 0.3 is 5.97 Å². The third kappa shape index (κ3) is 2.95. The normalized spacial score (nSPS) is 9.19. The second-order valence-electron chi connectivity index (χ2n) is 2.82. The van der Waals surface area contributed by atoms with E-state index >= 15 is 0 Å². The van der Waals surface area contributed by atoms with Crippen LogP contribution in [-0.4, -0.2) is 12.6 Å². The Morgan fingerprint density at radius 1 is 1.44 bits per heavy atom. The summed E-state index contributed by atoms with van der Waals surface area (Å²) >= 11 is 0. The fourth-order valence-electron chi connectivity index (χ4n) is 0.944. The van der Waals surface area contributed by atoms with Crippen LogP contribution >= 0.6 is 0 Å². The lowest BCUT2D eigenvalue weighted by atomic mass is 10.2. The van der Waals surface area contributed by atoms with Crippen molar-refractivity contribution in [1.82, 2.24) is 0 Å². The van der Waals surface area contributed by atoms with Gasteiger partial charge in [0.05, 0.1) is 17.9 Å². The fourth-order valence-corrected chi connectivity index (χ4v) is 0.944. The highest BCUT2D eigenvalue weighted by molar-refractivity contribution is 5.89. The molecule has 0 spiro atoms. The van der Waals surface area contributed by atoms with E-state index in [1.54, 1.807) is 6.92 Å². The third-order valence-corrected chi connectivity index (χ3v) is 1.66. The number of carbonyl (C=O) groups excluding carboxylic acids is 1. The molecule has 3 nitrogen and oxygen atoms in total. The van der Waals surface area contributed by atoms with E-state index in [1.807, 2.05) is 5.92 Å². The number of halogens is 2. The summed E-state index contributed by atoms with van der Waals surface area (Å²) in [5.74, 6) is 1.84. The maximum atomic E-state index is 13.2. The SMILES string of the molecule is CCOC(=O)C#Cc1cc(F)c(N)cc1F. The van der Waals surface area contributed by atoms with Crippen LogP contribution in [0.3, 0.4) is 0 Å². The van der Waals surface area contributed by atoms with E-state index < -0.39 is 17.6 Å². The number of ether oxygens (including phenoxy) is 1. The molecule has 84 valence electrons. The van der Waals surface area contributed by atoms with Gasteiger partial charge in [0.1, 0.15) is 11.6 Å². The number of nitrogens with two attached hydrogens (primary N) is 1. The maximum absolute atomic E-state index is 13.2. The molecular weight excluding hydrogens is 216 g/mol. The molecule has 1 aromatic rings. The molecule has 0 amide bonds. The van der Waals surface area contributed by atoms with Gasteiger partial charge in [-0.25, -0.2) is 13.6 Å². The average molecular weight is 225 g/mol. The first-order valence-electron chi connectivity index (χ1n) is 4.48. The Labute approximate surface area is 91.2 Å². The zero-order chi connectivity index (χ0) is 12.1.